The molecule has 0 radical (unpaired) electrons. The molecule has 1 aromatic rings. The Bertz CT molecular complexity index is 749. The van der Waals surface area contributed by atoms with Crippen LogP contribution in [0.3, 0.4) is 0 Å². The second-order valence-electron chi connectivity index (χ2n) is 10.7. The van der Waals surface area contributed by atoms with Crippen molar-refractivity contribution in [1.29, 1.82) is 0 Å². The molecule has 1 spiro atoms. The fourth-order valence-corrected chi connectivity index (χ4v) is 4.96. The largest absolute Gasteiger partial charge is 0.327 e. The number of rotatable bonds is 8. The van der Waals surface area contributed by atoms with Gasteiger partial charge in [-0.3, -0.25) is 9.69 Å². The Kier molecular flexibility index (Phi) is 7.43. The molecule has 2 fully saturated rings. The van der Waals surface area contributed by atoms with Crippen molar-refractivity contribution in [3.8, 4) is 0 Å². The molecule has 6 nitrogen and oxygen atoms in total. The third-order valence-electron chi connectivity index (χ3n) is 6.46. The van der Waals surface area contributed by atoms with Crippen LogP contribution in [0.15, 0.2) is 30.3 Å². The topological polar surface area (TPSA) is 47.1 Å². The molecule has 0 saturated carbocycles. The van der Waals surface area contributed by atoms with Gasteiger partial charge >= 0.3 is 6.03 Å². The van der Waals surface area contributed by atoms with Crippen LogP contribution in [0, 0.1) is 5.41 Å². The zero-order valence-electron chi connectivity index (χ0n) is 20.1. The summed E-state index contributed by atoms with van der Waals surface area (Å²) >= 11 is 0. The number of carbonyl (C=O) groups excluding carboxylic acids is 2. The van der Waals surface area contributed by atoms with Gasteiger partial charge in [-0.05, 0) is 57.3 Å². The average Bonchev–Trinajstić information content (AvgIpc) is 2.89. The SMILES string of the molecule is CN(C)CCCN1C(=O)N(CCc2ccccc2)C2(CCN(CC(C)(C)C)CC2)C1=O. The molecule has 2 saturated heterocycles. The molecule has 6 heteroatoms. The first-order valence-electron chi connectivity index (χ1n) is 11.7. The van der Waals surface area contributed by atoms with Crippen molar-refractivity contribution in [2.75, 3.05) is 53.4 Å². The first kappa shape index (κ1) is 23.7. The lowest BCUT2D eigenvalue weighted by molar-refractivity contribution is -0.135. The third kappa shape index (κ3) is 5.66. The van der Waals surface area contributed by atoms with Gasteiger partial charge in [-0.2, -0.15) is 0 Å². The van der Waals surface area contributed by atoms with Crippen LogP contribution in [0.1, 0.15) is 45.6 Å². The van der Waals surface area contributed by atoms with E-state index in [2.05, 4.69) is 42.7 Å². The molecule has 3 rings (SSSR count). The maximum absolute atomic E-state index is 13.6. The number of imide groups is 1. The lowest BCUT2D eigenvalue weighted by atomic mass is 9.84. The highest BCUT2D eigenvalue weighted by Crippen LogP contribution is 2.38. The summed E-state index contributed by atoms with van der Waals surface area (Å²) in [6.07, 6.45) is 3.04. The minimum absolute atomic E-state index is 0.0275. The van der Waals surface area contributed by atoms with Crippen molar-refractivity contribution in [2.45, 2.75) is 52.0 Å². The number of nitrogens with zero attached hydrogens (tertiary/aromatic N) is 4. The van der Waals surface area contributed by atoms with Gasteiger partial charge in [0.1, 0.15) is 5.54 Å². The number of piperidine rings is 1. The van der Waals surface area contributed by atoms with Crippen LogP contribution in [-0.2, 0) is 11.2 Å². The van der Waals surface area contributed by atoms with Crippen molar-refractivity contribution in [3.05, 3.63) is 35.9 Å². The molecular weight excluding hydrogens is 388 g/mol. The van der Waals surface area contributed by atoms with Crippen molar-refractivity contribution in [3.63, 3.8) is 0 Å². The third-order valence-corrected chi connectivity index (χ3v) is 6.46. The Morgan fingerprint density at radius 2 is 1.65 bits per heavy atom. The second kappa shape index (κ2) is 9.70. The molecule has 0 bridgehead atoms. The van der Waals surface area contributed by atoms with Crippen LogP contribution in [0.5, 0.6) is 0 Å². The van der Waals surface area contributed by atoms with Gasteiger partial charge in [0, 0.05) is 32.7 Å². The number of likely N-dealkylation sites (tertiary alicyclic amines) is 1. The maximum atomic E-state index is 13.6. The van der Waals surface area contributed by atoms with Crippen LogP contribution < -0.4 is 0 Å². The lowest BCUT2D eigenvalue weighted by Gasteiger charge is -2.43. The molecule has 31 heavy (non-hydrogen) atoms. The van der Waals surface area contributed by atoms with Crippen LogP contribution in [0.25, 0.3) is 0 Å². The lowest BCUT2D eigenvalue weighted by Crippen LogP contribution is -2.57. The summed E-state index contributed by atoms with van der Waals surface area (Å²) in [6.45, 7) is 11.5. The first-order valence-corrected chi connectivity index (χ1v) is 11.7. The molecule has 0 atom stereocenters. The molecule has 172 valence electrons. The van der Waals surface area contributed by atoms with E-state index < -0.39 is 5.54 Å². The Morgan fingerprint density at radius 3 is 2.23 bits per heavy atom. The van der Waals surface area contributed by atoms with Crippen LogP contribution in [0.4, 0.5) is 4.79 Å². The van der Waals surface area contributed by atoms with E-state index in [4.69, 9.17) is 0 Å². The number of hydrogen-bond acceptors (Lipinski definition) is 4. The van der Waals surface area contributed by atoms with Gasteiger partial charge in [-0.25, -0.2) is 4.79 Å². The van der Waals surface area contributed by atoms with Gasteiger partial charge in [-0.1, -0.05) is 51.1 Å². The van der Waals surface area contributed by atoms with E-state index in [1.165, 1.54) is 10.5 Å². The zero-order valence-corrected chi connectivity index (χ0v) is 20.1. The maximum Gasteiger partial charge on any atom is 0.327 e. The van der Waals surface area contributed by atoms with Crippen molar-refractivity contribution in [1.82, 2.24) is 19.6 Å². The van der Waals surface area contributed by atoms with Crippen LogP contribution >= 0.6 is 0 Å². The number of carbonyl (C=O) groups is 2. The number of benzene rings is 1. The number of hydrogen-bond donors (Lipinski definition) is 0. The average molecular weight is 429 g/mol. The Balaban J connectivity index is 1.75. The standard InChI is InChI=1S/C25H40N4O2/c1-24(2,3)20-27-18-13-25(14-19-27)22(30)28(16-9-15-26(4)5)23(31)29(25)17-12-21-10-7-6-8-11-21/h6-8,10-11H,9,12-20H2,1-5H3. The highest BCUT2D eigenvalue weighted by atomic mass is 16.2. The van der Waals surface area contributed by atoms with Crippen LogP contribution in [-0.4, -0.2) is 90.4 Å². The zero-order chi connectivity index (χ0) is 22.6. The Hall–Kier alpha value is -1.92. The highest BCUT2D eigenvalue weighted by molar-refractivity contribution is 6.07. The first-order chi connectivity index (χ1) is 14.6. The van der Waals surface area contributed by atoms with E-state index in [1.807, 2.05) is 37.2 Å². The van der Waals surface area contributed by atoms with E-state index in [-0.39, 0.29) is 17.4 Å². The number of urea groups is 1. The van der Waals surface area contributed by atoms with Gasteiger partial charge < -0.3 is 14.7 Å². The molecule has 0 aromatic heterocycles. The Morgan fingerprint density at radius 1 is 1.00 bits per heavy atom. The van der Waals surface area contributed by atoms with Gasteiger partial charge in [0.15, 0.2) is 0 Å². The summed E-state index contributed by atoms with van der Waals surface area (Å²) in [7, 11) is 4.04. The molecule has 2 heterocycles. The van der Waals surface area contributed by atoms with Gasteiger partial charge in [-0.15, -0.1) is 0 Å². The molecule has 0 aliphatic carbocycles. The summed E-state index contributed by atoms with van der Waals surface area (Å²) in [6, 6.07) is 10.2. The van der Waals surface area contributed by atoms with E-state index in [1.54, 1.807) is 0 Å². The normalized spacial score (nSPS) is 19.8. The summed E-state index contributed by atoms with van der Waals surface area (Å²) in [5.74, 6) is 0.0275. The molecule has 1 aromatic carbocycles. The van der Waals surface area contributed by atoms with Gasteiger partial charge in [0.05, 0.1) is 0 Å². The van der Waals surface area contributed by atoms with E-state index in [0.29, 0.717) is 13.1 Å². The molecule has 0 unspecified atom stereocenters. The highest BCUT2D eigenvalue weighted by Gasteiger charge is 2.57. The Labute approximate surface area is 188 Å². The molecule has 0 N–H and O–H groups in total. The smallest absolute Gasteiger partial charge is 0.309 e. The van der Waals surface area contributed by atoms with Gasteiger partial charge in [0.25, 0.3) is 5.91 Å². The summed E-state index contributed by atoms with van der Waals surface area (Å²) in [4.78, 5) is 35.0. The second-order valence-corrected chi connectivity index (χ2v) is 10.7. The van der Waals surface area contributed by atoms with E-state index in [0.717, 1.165) is 51.9 Å². The molecular formula is C25H40N4O2. The summed E-state index contributed by atoms with van der Waals surface area (Å²) in [5, 5.41) is 0. The molecule has 2 aliphatic rings. The minimum atomic E-state index is -0.668. The van der Waals surface area contributed by atoms with E-state index in [9.17, 15) is 9.59 Å². The van der Waals surface area contributed by atoms with Crippen molar-refractivity contribution >= 4 is 11.9 Å². The predicted molar refractivity (Wildman–Crippen MR) is 125 cm³/mol. The van der Waals surface area contributed by atoms with E-state index >= 15 is 0 Å². The molecule has 2 aliphatic heterocycles. The van der Waals surface area contributed by atoms with Crippen LogP contribution in [0.2, 0.25) is 0 Å². The quantitative estimate of drug-likeness (QED) is 0.596. The fraction of sp³-hybridized carbons (Fsp3) is 0.680. The minimum Gasteiger partial charge on any atom is -0.309 e. The fourth-order valence-electron chi connectivity index (χ4n) is 4.96. The monoisotopic (exact) mass is 428 g/mol. The van der Waals surface area contributed by atoms with Gasteiger partial charge in [0.2, 0.25) is 0 Å². The summed E-state index contributed by atoms with van der Waals surface area (Å²) in [5.41, 5.74) is 0.762. The van der Waals surface area contributed by atoms with Crippen molar-refractivity contribution in [2.24, 2.45) is 5.41 Å². The predicted octanol–water partition coefficient (Wildman–Crippen LogP) is 3.33. The molecule has 3 amide bonds. The summed E-state index contributed by atoms with van der Waals surface area (Å²) < 4.78 is 0. The van der Waals surface area contributed by atoms with Crippen molar-refractivity contribution < 1.29 is 9.59 Å². The number of amides is 3.